The van der Waals surface area contributed by atoms with Crippen molar-refractivity contribution in [1.29, 1.82) is 0 Å². The fourth-order valence-corrected chi connectivity index (χ4v) is 2.85. The second-order valence-electron chi connectivity index (χ2n) is 4.98. The van der Waals surface area contributed by atoms with Crippen LogP contribution in [-0.2, 0) is 17.8 Å². The first-order valence-corrected chi connectivity index (χ1v) is 6.50. The summed E-state index contributed by atoms with van der Waals surface area (Å²) in [6.07, 6.45) is 4.87. The van der Waals surface area contributed by atoms with Crippen LogP contribution in [0.15, 0.2) is 18.2 Å². The molecule has 0 bridgehead atoms. The van der Waals surface area contributed by atoms with Gasteiger partial charge in [-0.2, -0.15) is 0 Å². The monoisotopic (exact) mass is 233 g/mol. The molecule has 1 N–H and O–H groups in total. The zero-order valence-electron chi connectivity index (χ0n) is 10.1. The van der Waals surface area contributed by atoms with Gasteiger partial charge in [0.25, 0.3) is 0 Å². The standard InChI is InChI=1S/C14H19NO2/c16-13-6-4-5-11-10-17-14(9-12(11)13)15-7-2-1-3-8-15/h4-6,14,16H,1-3,7-10H2. The summed E-state index contributed by atoms with van der Waals surface area (Å²) in [4.78, 5) is 2.42. The van der Waals surface area contributed by atoms with Crippen LogP contribution < -0.4 is 0 Å². The fraction of sp³-hybridized carbons (Fsp3) is 0.571. The van der Waals surface area contributed by atoms with Gasteiger partial charge in [0.05, 0.1) is 6.61 Å². The van der Waals surface area contributed by atoms with Crippen LogP contribution in [-0.4, -0.2) is 29.3 Å². The lowest BCUT2D eigenvalue weighted by Crippen LogP contribution is -2.43. The number of rotatable bonds is 1. The van der Waals surface area contributed by atoms with Crippen molar-refractivity contribution in [2.45, 2.75) is 38.5 Å². The van der Waals surface area contributed by atoms with Gasteiger partial charge in [0.1, 0.15) is 12.0 Å². The average molecular weight is 233 g/mol. The van der Waals surface area contributed by atoms with E-state index < -0.39 is 0 Å². The maximum absolute atomic E-state index is 9.90. The van der Waals surface area contributed by atoms with Gasteiger partial charge in [0.15, 0.2) is 0 Å². The Balaban J connectivity index is 1.77. The molecule has 17 heavy (non-hydrogen) atoms. The number of hydrogen-bond acceptors (Lipinski definition) is 3. The Morgan fingerprint density at radius 1 is 1.18 bits per heavy atom. The van der Waals surface area contributed by atoms with Gasteiger partial charge in [-0.25, -0.2) is 0 Å². The van der Waals surface area contributed by atoms with Gasteiger partial charge in [-0.05, 0) is 24.5 Å². The van der Waals surface area contributed by atoms with Gasteiger partial charge < -0.3 is 9.84 Å². The predicted molar refractivity (Wildman–Crippen MR) is 65.8 cm³/mol. The van der Waals surface area contributed by atoms with Gasteiger partial charge in [-0.1, -0.05) is 18.6 Å². The molecular formula is C14H19NO2. The Hall–Kier alpha value is -1.06. The lowest BCUT2D eigenvalue weighted by Gasteiger charge is -2.37. The molecular weight excluding hydrogens is 214 g/mol. The number of aromatic hydroxyl groups is 1. The number of nitrogens with zero attached hydrogens (tertiary/aromatic N) is 1. The molecule has 1 fully saturated rings. The molecule has 3 heteroatoms. The molecule has 0 aromatic heterocycles. The van der Waals surface area contributed by atoms with Crippen molar-refractivity contribution in [1.82, 2.24) is 4.90 Å². The summed E-state index contributed by atoms with van der Waals surface area (Å²) in [5.41, 5.74) is 2.22. The highest BCUT2D eigenvalue weighted by atomic mass is 16.5. The molecule has 0 radical (unpaired) electrons. The molecule has 1 aromatic carbocycles. The van der Waals surface area contributed by atoms with Gasteiger partial charge >= 0.3 is 0 Å². The normalized spacial score (nSPS) is 25.5. The van der Waals surface area contributed by atoms with Crippen molar-refractivity contribution >= 4 is 0 Å². The van der Waals surface area contributed by atoms with E-state index >= 15 is 0 Å². The number of phenols is 1. The van der Waals surface area contributed by atoms with Crippen molar-refractivity contribution in [3.63, 3.8) is 0 Å². The SMILES string of the molecule is Oc1cccc2c1CC(N1CCCCC1)OC2. The number of likely N-dealkylation sites (tertiary alicyclic amines) is 1. The second-order valence-corrected chi connectivity index (χ2v) is 4.98. The van der Waals surface area contributed by atoms with Gasteiger partial charge in [-0.15, -0.1) is 0 Å². The Morgan fingerprint density at radius 2 is 2.00 bits per heavy atom. The third-order valence-electron chi connectivity index (χ3n) is 3.86. The van der Waals surface area contributed by atoms with Crippen LogP contribution in [0.3, 0.4) is 0 Å². The highest BCUT2D eigenvalue weighted by Gasteiger charge is 2.27. The van der Waals surface area contributed by atoms with Crippen LogP contribution in [0.4, 0.5) is 0 Å². The maximum Gasteiger partial charge on any atom is 0.119 e. The highest BCUT2D eigenvalue weighted by molar-refractivity contribution is 5.40. The third kappa shape index (κ3) is 2.17. The van der Waals surface area contributed by atoms with E-state index in [0.29, 0.717) is 12.4 Å². The molecule has 2 heterocycles. The van der Waals surface area contributed by atoms with Crippen LogP contribution in [0.2, 0.25) is 0 Å². The smallest absolute Gasteiger partial charge is 0.119 e. The molecule has 2 aliphatic rings. The van der Waals surface area contributed by atoms with Crippen molar-refractivity contribution in [3.8, 4) is 5.75 Å². The van der Waals surface area contributed by atoms with Crippen molar-refractivity contribution in [2.75, 3.05) is 13.1 Å². The van der Waals surface area contributed by atoms with Gasteiger partial charge in [0, 0.05) is 25.1 Å². The van der Waals surface area contributed by atoms with Crippen molar-refractivity contribution < 1.29 is 9.84 Å². The molecule has 1 unspecified atom stereocenters. The quantitative estimate of drug-likeness (QED) is 0.807. The molecule has 0 aliphatic carbocycles. The molecule has 92 valence electrons. The molecule has 1 aromatic rings. The lowest BCUT2D eigenvalue weighted by molar-refractivity contribution is -0.0837. The second kappa shape index (κ2) is 4.67. The minimum absolute atomic E-state index is 0.163. The van der Waals surface area contributed by atoms with Crippen LogP contribution in [0.25, 0.3) is 0 Å². The Kier molecular flexibility index (Phi) is 3.04. The Labute approximate surface area is 102 Å². The topological polar surface area (TPSA) is 32.7 Å². The van der Waals surface area contributed by atoms with Gasteiger partial charge in [-0.3, -0.25) is 4.90 Å². The fourth-order valence-electron chi connectivity index (χ4n) is 2.85. The zero-order valence-corrected chi connectivity index (χ0v) is 10.1. The van der Waals surface area contributed by atoms with Crippen molar-refractivity contribution in [2.24, 2.45) is 0 Å². The first-order valence-electron chi connectivity index (χ1n) is 6.50. The number of piperidine rings is 1. The summed E-state index contributed by atoms with van der Waals surface area (Å²) >= 11 is 0. The maximum atomic E-state index is 9.90. The Morgan fingerprint density at radius 3 is 2.82 bits per heavy atom. The molecule has 1 saturated heterocycles. The summed E-state index contributed by atoms with van der Waals surface area (Å²) in [7, 11) is 0. The van der Waals surface area contributed by atoms with Gasteiger partial charge in [0.2, 0.25) is 0 Å². The molecule has 3 rings (SSSR count). The number of benzene rings is 1. The van der Waals surface area contributed by atoms with E-state index in [-0.39, 0.29) is 6.23 Å². The molecule has 1 atom stereocenters. The molecule has 0 amide bonds. The van der Waals surface area contributed by atoms with E-state index in [9.17, 15) is 5.11 Å². The predicted octanol–water partition coefficient (Wildman–Crippen LogP) is 2.28. The Bertz CT molecular complexity index is 399. The van der Waals surface area contributed by atoms with E-state index in [0.717, 1.165) is 30.6 Å². The van der Waals surface area contributed by atoms with Crippen molar-refractivity contribution in [3.05, 3.63) is 29.3 Å². The molecule has 2 aliphatic heterocycles. The minimum atomic E-state index is 0.163. The highest BCUT2D eigenvalue weighted by Crippen LogP contribution is 2.30. The number of ether oxygens (including phenoxy) is 1. The summed E-state index contributed by atoms with van der Waals surface area (Å²) in [6, 6.07) is 5.71. The van der Waals surface area contributed by atoms with E-state index in [2.05, 4.69) is 4.90 Å². The van der Waals surface area contributed by atoms with E-state index in [1.807, 2.05) is 12.1 Å². The number of fused-ring (bicyclic) bond motifs is 1. The van der Waals surface area contributed by atoms with Crippen LogP contribution in [0.1, 0.15) is 30.4 Å². The van der Waals surface area contributed by atoms with Crippen LogP contribution >= 0.6 is 0 Å². The molecule has 0 saturated carbocycles. The average Bonchev–Trinajstić information content (AvgIpc) is 2.40. The zero-order chi connectivity index (χ0) is 11.7. The van der Waals surface area contributed by atoms with Crippen LogP contribution in [0, 0.1) is 0 Å². The first kappa shape index (κ1) is 11.1. The molecule has 0 spiro atoms. The van der Waals surface area contributed by atoms with E-state index in [1.54, 1.807) is 6.07 Å². The number of hydrogen-bond donors (Lipinski definition) is 1. The summed E-state index contributed by atoms with van der Waals surface area (Å²) in [5.74, 6) is 0.424. The summed E-state index contributed by atoms with van der Waals surface area (Å²) in [5, 5.41) is 9.90. The van der Waals surface area contributed by atoms with E-state index in [1.165, 1.54) is 19.3 Å². The largest absolute Gasteiger partial charge is 0.508 e. The lowest BCUT2D eigenvalue weighted by atomic mass is 9.99. The summed E-state index contributed by atoms with van der Waals surface area (Å²) in [6.45, 7) is 2.89. The van der Waals surface area contributed by atoms with Crippen LogP contribution in [0.5, 0.6) is 5.75 Å². The summed E-state index contributed by atoms with van der Waals surface area (Å²) < 4.78 is 5.91. The molecule has 3 nitrogen and oxygen atoms in total. The number of phenolic OH excluding ortho intramolecular Hbond substituents is 1. The van der Waals surface area contributed by atoms with E-state index in [4.69, 9.17) is 4.74 Å². The first-order chi connectivity index (χ1) is 8.34. The third-order valence-corrected chi connectivity index (χ3v) is 3.86. The minimum Gasteiger partial charge on any atom is -0.508 e.